The third-order valence-electron chi connectivity index (χ3n) is 14.5. The van der Waals surface area contributed by atoms with Crippen LogP contribution in [0, 0.1) is 0 Å². The summed E-state index contributed by atoms with van der Waals surface area (Å²) in [5.41, 5.74) is 4.46. The van der Waals surface area contributed by atoms with E-state index in [-0.39, 0.29) is 38.0 Å². The predicted molar refractivity (Wildman–Crippen MR) is 293 cm³/mol. The second-order valence-electron chi connectivity index (χ2n) is 20.7. The molecule has 10 nitrogen and oxygen atoms in total. The zero-order valence-corrected chi connectivity index (χ0v) is 44.8. The van der Waals surface area contributed by atoms with Crippen LogP contribution in [-0.2, 0) is 62.3 Å². The highest BCUT2D eigenvalue weighted by Gasteiger charge is 2.53. The van der Waals surface area contributed by atoms with E-state index in [4.69, 9.17) is 28.4 Å². The average molecular weight is 1020 g/mol. The predicted octanol–water partition coefficient (Wildman–Crippen LogP) is 14.6. The molecule has 0 aromatic heterocycles. The Morgan fingerprint density at radius 3 is 1.57 bits per heavy atom. The Hall–Kier alpha value is -4.87. The molecule has 1 N–H and O–H groups in total. The highest BCUT2D eigenvalue weighted by atomic mass is 16.8. The van der Waals surface area contributed by atoms with Gasteiger partial charge in [0.15, 0.2) is 24.8 Å². The molecule has 0 saturated carbocycles. The first-order valence-corrected chi connectivity index (χ1v) is 28.9. The van der Waals surface area contributed by atoms with Gasteiger partial charge in [0.1, 0.15) is 18.2 Å². The maximum Gasteiger partial charge on any atom is 0.306 e. The number of ether oxygens (including phenoxy) is 6. The Labute approximate surface area is 444 Å². The lowest BCUT2D eigenvalue weighted by Crippen LogP contribution is -2.68. The summed E-state index contributed by atoms with van der Waals surface area (Å²) in [7, 11) is 0. The number of hydrogen-bond acceptors (Lipinski definition) is 9. The van der Waals surface area contributed by atoms with Gasteiger partial charge < -0.3 is 33.7 Å². The van der Waals surface area contributed by atoms with Gasteiger partial charge in [0.25, 0.3) is 5.91 Å². The van der Waals surface area contributed by atoms with E-state index in [1.807, 2.05) is 60.7 Å². The normalized spacial score (nSPS) is 19.8. The van der Waals surface area contributed by atoms with Crippen molar-refractivity contribution < 1.29 is 42.8 Å². The van der Waals surface area contributed by atoms with Crippen LogP contribution in [0.25, 0.3) is 0 Å². The Bertz CT molecular complexity index is 2090. The molecule has 0 radical (unpaired) electrons. The lowest BCUT2D eigenvalue weighted by molar-refractivity contribution is -0.346. The minimum Gasteiger partial charge on any atom is -0.457 e. The van der Waals surface area contributed by atoms with Gasteiger partial charge in [-0.15, -0.1) is 0 Å². The van der Waals surface area contributed by atoms with Gasteiger partial charge in [0.2, 0.25) is 0 Å². The molecule has 0 bridgehead atoms. The van der Waals surface area contributed by atoms with E-state index < -0.39 is 48.9 Å². The number of hydrogen-bond donors (Lipinski definition) is 1. The van der Waals surface area contributed by atoms with E-state index in [1.165, 1.54) is 49.7 Å². The number of unbranched alkanes of at least 4 members (excludes halogenated alkanes) is 19. The van der Waals surface area contributed by atoms with Crippen molar-refractivity contribution in [2.24, 2.45) is 0 Å². The fraction of sp³-hybridized carbons (Fsp3) is 0.578. The molecule has 4 aromatic rings. The number of fused-ring (bicyclic) bond motifs is 1. The number of carbonyl (C=O) groups is 3. The summed E-state index contributed by atoms with van der Waals surface area (Å²) < 4.78 is 38.7. The van der Waals surface area contributed by atoms with Gasteiger partial charge in [-0.25, -0.2) is 0 Å². The SMILES string of the molecule is CCCCCCCCCCCCC(OC(=O)CCCCCCCCc1ccccc1)C(=O)N[C@H]1[C@@H](OCc2ccccc2)O[C@@H]2COC(c3ccccc3)O[C@H]2[C@@H]1OC(=O)CCCCCCCCc1ccccc1. The Balaban J connectivity index is 1.11. The summed E-state index contributed by atoms with van der Waals surface area (Å²) in [6, 6.07) is 39.6. The Morgan fingerprint density at radius 1 is 0.541 bits per heavy atom. The van der Waals surface area contributed by atoms with Gasteiger partial charge in [0, 0.05) is 18.4 Å². The summed E-state index contributed by atoms with van der Waals surface area (Å²) in [6.45, 7) is 2.58. The number of aryl methyl sites for hydroxylation is 2. The number of carbonyl (C=O) groups excluding carboxylic acids is 3. The molecule has 2 saturated heterocycles. The van der Waals surface area contributed by atoms with Crippen LogP contribution in [0.15, 0.2) is 121 Å². The molecular formula is C64H89NO9. The van der Waals surface area contributed by atoms with Crippen LogP contribution in [-0.4, -0.2) is 61.2 Å². The van der Waals surface area contributed by atoms with E-state index in [9.17, 15) is 14.4 Å². The fourth-order valence-electron chi connectivity index (χ4n) is 10.2. The minimum absolute atomic E-state index is 0.154. The second-order valence-corrected chi connectivity index (χ2v) is 20.7. The molecule has 7 atom stereocenters. The number of rotatable bonds is 37. The van der Waals surface area contributed by atoms with Crippen molar-refractivity contribution in [3.63, 3.8) is 0 Å². The van der Waals surface area contributed by atoms with E-state index in [0.717, 1.165) is 114 Å². The van der Waals surface area contributed by atoms with Crippen LogP contribution in [0.1, 0.15) is 196 Å². The molecule has 2 aliphatic rings. The molecule has 2 unspecified atom stereocenters. The lowest BCUT2D eigenvalue weighted by atomic mass is 9.94. The lowest BCUT2D eigenvalue weighted by Gasteiger charge is -2.49. The molecule has 10 heteroatoms. The maximum atomic E-state index is 14.8. The highest BCUT2D eigenvalue weighted by Crippen LogP contribution is 2.36. The molecule has 1 amide bonds. The Kier molecular flexibility index (Phi) is 27.9. The van der Waals surface area contributed by atoms with Crippen molar-refractivity contribution in [2.45, 2.75) is 230 Å². The van der Waals surface area contributed by atoms with Crippen molar-refractivity contribution in [2.75, 3.05) is 6.61 Å². The molecule has 0 aliphatic carbocycles. The van der Waals surface area contributed by atoms with Crippen LogP contribution < -0.4 is 5.32 Å². The van der Waals surface area contributed by atoms with Crippen LogP contribution in [0.5, 0.6) is 0 Å². The van der Waals surface area contributed by atoms with E-state index >= 15 is 0 Å². The maximum absolute atomic E-state index is 14.8. The first-order valence-electron chi connectivity index (χ1n) is 28.9. The molecule has 74 heavy (non-hydrogen) atoms. The van der Waals surface area contributed by atoms with E-state index in [2.05, 4.69) is 72.9 Å². The number of benzene rings is 4. The zero-order valence-electron chi connectivity index (χ0n) is 44.8. The highest BCUT2D eigenvalue weighted by molar-refractivity contribution is 5.84. The topological polar surface area (TPSA) is 119 Å². The monoisotopic (exact) mass is 1020 g/mol. The summed E-state index contributed by atoms with van der Waals surface area (Å²) in [5.74, 6) is -1.22. The van der Waals surface area contributed by atoms with Gasteiger partial charge in [-0.1, -0.05) is 237 Å². The molecular weight excluding hydrogens is 927 g/mol. The first-order chi connectivity index (χ1) is 36.5. The van der Waals surface area contributed by atoms with Gasteiger partial charge in [-0.3, -0.25) is 14.4 Å². The largest absolute Gasteiger partial charge is 0.457 e. The fourth-order valence-corrected chi connectivity index (χ4v) is 10.2. The van der Waals surface area contributed by atoms with Gasteiger partial charge in [-0.2, -0.15) is 0 Å². The van der Waals surface area contributed by atoms with Gasteiger partial charge >= 0.3 is 11.9 Å². The van der Waals surface area contributed by atoms with Crippen LogP contribution in [0.2, 0.25) is 0 Å². The second kappa shape index (κ2) is 35.4. The quantitative estimate of drug-likeness (QED) is 0.0348. The van der Waals surface area contributed by atoms with E-state index in [0.29, 0.717) is 19.3 Å². The minimum atomic E-state index is -1.05. The number of amides is 1. The molecule has 2 fully saturated rings. The van der Waals surface area contributed by atoms with Crippen LogP contribution >= 0.6 is 0 Å². The molecule has 2 aliphatic heterocycles. The standard InChI is InChI=1S/C64H89NO9/c1-2-3-4-5-6-7-8-9-16-33-46-55(71-57(66)47-34-17-12-10-14-23-36-51-38-25-19-26-39-51)62(68)65-59-61(73-58(67)48-35-18-13-11-15-24-37-52-40-27-20-28-41-52)60-56(50-70-63(74-60)54-44-31-22-32-45-54)72-64(59)69-49-53-42-29-21-30-43-53/h19-22,25-32,38-45,55-56,59-61,63-64H,2-18,23-24,33-37,46-50H2,1H3,(H,65,68)/t55?,56-,59-,60-,61-,63?,64+/m1/s1. The Morgan fingerprint density at radius 2 is 1.01 bits per heavy atom. The van der Waals surface area contributed by atoms with Crippen molar-refractivity contribution in [1.82, 2.24) is 5.32 Å². The average Bonchev–Trinajstić information content (AvgIpc) is 3.43. The van der Waals surface area contributed by atoms with Gasteiger partial charge in [-0.05, 0) is 68.1 Å². The molecule has 2 heterocycles. The van der Waals surface area contributed by atoms with Crippen molar-refractivity contribution in [1.29, 1.82) is 0 Å². The molecule has 404 valence electrons. The van der Waals surface area contributed by atoms with Crippen molar-refractivity contribution in [3.8, 4) is 0 Å². The summed E-state index contributed by atoms with van der Waals surface area (Å²) in [5, 5.41) is 3.19. The third-order valence-corrected chi connectivity index (χ3v) is 14.5. The number of nitrogens with one attached hydrogen (secondary N) is 1. The first kappa shape index (κ1) is 58.4. The van der Waals surface area contributed by atoms with E-state index in [1.54, 1.807) is 0 Å². The van der Waals surface area contributed by atoms with Crippen LogP contribution in [0.4, 0.5) is 0 Å². The van der Waals surface area contributed by atoms with Gasteiger partial charge in [0.05, 0.1) is 13.2 Å². The summed E-state index contributed by atoms with van der Waals surface area (Å²) in [6.07, 6.45) is 21.2. The molecule has 0 spiro atoms. The smallest absolute Gasteiger partial charge is 0.306 e. The zero-order chi connectivity index (χ0) is 51.7. The third kappa shape index (κ3) is 22.1. The summed E-state index contributed by atoms with van der Waals surface area (Å²) in [4.78, 5) is 42.5. The van der Waals surface area contributed by atoms with Crippen molar-refractivity contribution >= 4 is 17.8 Å². The molecule has 4 aromatic carbocycles. The van der Waals surface area contributed by atoms with Crippen molar-refractivity contribution in [3.05, 3.63) is 144 Å². The molecule has 6 rings (SSSR count). The van der Waals surface area contributed by atoms with Crippen LogP contribution in [0.3, 0.4) is 0 Å². The summed E-state index contributed by atoms with van der Waals surface area (Å²) >= 11 is 0. The number of esters is 2.